The lowest BCUT2D eigenvalue weighted by molar-refractivity contribution is 0.616. The number of rotatable bonds is 3. The molecule has 1 heterocycles. The third-order valence-corrected chi connectivity index (χ3v) is 2.84. The number of halogens is 1. The number of anilines is 3. The molecule has 0 saturated heterocycles. The summed E-state index contributed by atoms with van der Waals surface area (Å²) in [5.74, 6) is 0. The topological polar surface area (TPSA) is 72.9 Å². The van der Waals surface area contributed by atoms with Crippen LogP contribution in [0.3, 0.4) is 0 Å². The first-order valence-corrected chi connectivity index (χ1v) is 5.87. The number of nitrogen functional groups attached to an aromatic ring is 1. The standard InChI is InChI=1S/C12H13ClN4O/c1-2-17-12(18)11(13)10(7-15-17)16-9-5-3-8(14)4-6-9/h3-7,16H,2,14H2,1H3. The molecule has 0 aliphatic heterocycles. The molecule has 94 valence electrons. The molecule has 1 aromatic heterocycles. The summed E-state index contributed by atoms with van der Waals surface area (Å²) in [6, 6.07) is 7.13. The largest absolute Gasteiger partial charge is 0.399 e. The Labute approximate surface area is 109 Å². The molecule has 5 nitrogen and oxygen atoms in total. The predicted octanol–water partition coefficient (Wildman–Crippen LogP) is 2.24. The Morgan fingerprint density at radius 2 is 2.06 bits per heavy atom. The van der Waals surface area contributed by atoms with E-state index in [2.05, 4.69) is 10.4 Å². The van der Waals surface area contributed by atoms with Crippen molar-refractivity contribution in [3.05, 3.63) is 45.8 Å². The van der Waals surface area contributed by atoms with Crippen LogP contribution in [0.4, 0.5) is 17.1 Å². The van der Waals surface area contributed by atoms with Gasteiger partial charge in [0.25, 0.3) is 5.56 Å². The second kappa shape index (κ2) is 5.10. The van der Waals surface area contributed by atoms with Gasteiger partial charge in [0, 0.05) is 17.9 Å². The summed E-state index contributed by atoms with van der Waals surface area (Å²) in [4.78, 5) is 11.8. The average Bonchev–Trinajstić information content (AvgIpc) is 2.38. The molecular weight excluding hydrogens is 252 g/mol. The van der Waals surface area contributed by atoms with E-state index in [1.165, 1.54) is 10.9 Å². The van der Waals surface area contributed by atoms with Crippen molar-refractivity contribution in [2.45, 2.75) is 13.5 Å². The van der Waals surface area contributed by atoms with E-state index >= 15 is 0 Å². The Balaban J connectivity index is 2.33. The fraction of sp³-hybridized carbons (Fsp3) is 0.167. The molecule has 18 heavy (non-hydrogen) atoms. The van der Waals surface area contributed by atoms with Crippen LogP contribution in [-0.2, 0) is 6.54 Å². The van der Waals surface area contributed by atoms with Crippen LogP contribution in [-0.4, -0.2) is 9.78 Å². The molecule has 0 spiro atoms. The summed E-state index contributed by atoms with van der Waals surface area (Å²) < 4.78 is 1.30. The number of aromatic nitrogens is 2. The van der Waals surface area contributed by atoms with Crippen LogP contribution in [0.1, 0.15) is 6.92 Å². The molecule has 6 heteroatoms. The summed E-state index contributed by atoms with van der Waals surface area (Å²) in [6.07, 6.45) is 1.53. The molecule has 0 aliphatic rings. The fourth-order valence-corrected chi connectivity index (χ4v) is 1.69. The van der Waals surface area contributed by atoms with Gasteiger partial charge in [-0.25, -0.2) is 4.68 Å². The maximum atomic E-state index is 11.8. The fourth-order valence-electron chi connectivity index (χ4n) is 1.50. The molecule has 3 N–H and O–H groups in total. The van der Waals surface area contributed by atoms with E-state index in [4.69, 9.17) is 17.3 Å². The van der Waals surface area contributed by atoms with Crippen molar-refractivity contribution < 1.29 is 0 Å². The molecular formula is C12H13ClN4O. The van der Waals surface area contributed by atoms with Gasteiger partial charge in [-0.05, 0) is 31.2 Å². The van der Waals surface area contributed by atoms with E-state index in [0.29, 0.717) is 17.9 Å². The first-order valence-electron chi connectivity index (χ1n) is 5.50. The van der Waals surface area contributed by atoms with Crippen LogP contribution in [0.15, 0.2) is 35.3 Å². The zero-order chi connectivity index (χ0) is 13.1. The van der Waals surface area contributed by atoms with Crippen LogP contribution in [0, 0.1) is 0 Å². The minimum atomic E-state index is -0.306. The van der Waals surface area contributed by atoms with Crippen molar-refractivity contribution in [3.8, 4) is 0 Å². The predicted molar refractivity (Wildman–Crippen MR) is 73.3 cm³/mol. The maximum absolute atomic E-state index is 11.8. The van der Waals surface area contributed by atoms with E-state index in [9.17, 15) is 4.79 Å². The first-order chi connectivity index (χ1) is 8.61. The van der Waals surface area contributed by atoms with Crippen molar-refractivity contribution in [2.75, 3.05) is 11.1 Å². The molecule has 0 radical (unpaired) electrons. The number of hydrogen-bond acceptors (Lipinski definition) is 4. The Hall–Kier alpha value is -2.01. The Bertz CT molecular complexity index is 606. The summed E-state index contributed by atoms with van der Waals surface area (Å²) in [6.45, 7) is 2.32. The van der Waals surface area contributed by atoms with Crippen molar-refractivity contribution >= 4 is 28.7 Å². The Kier molecular flexibility index (Phi) is 3.53. The third kappa shape index (κ3) is 2.46. The number of benzene rings is 1. The summed E-state index contributed by atoms with van der Waals surface area (Å²) in [7, 11) is 0. The average molecular weight is 265 g/mol. The smallest absolute Gasteiger partial charge is 0.287 e. The normalized spacial score (nSPS) is 10.3. The number of aryl methyl sites for hydroxylation is 1. The molecule has 1 aromatic carbocycles. The van der Waals surface area contributed by atoms with Gasteiger partial charge >= 0.3 is 0 Å². The van der Waals surface area contributed by atoms with Gasteiger partial charge in [0.15, 0.2) is 0 Å². The lowest BCUT2D eigenvalue weighted by atomic mass is 10.3. The molecule has 2 rings (SSSR count). The highest BCUT2D eigenvalue weighted by Crippen LogP contribution is 2.21. The molecule has 0 unspecified atom stereocenters. The van der Waals surface area contributed by atoms with E-state index in [1.54, 1.807) is 24.3 Å². The lowest BCUT2D eigenvalue weighted by Gasteiger charge is -2.09. The van der Waals surface area contributed by atoms with Gasteiger partial charge < -0.3 is 11.1 Å². The zero-order valence-electron chi connectivity index (χ0n) is 9.85. The summed E-state index contributed by atoms with van der Waals surface area (Å²) in [5, 5.41) is 7.16. The van der Waals surface area contributed by atoms with Crippen LogP contribution in [0.2, 0.25) is 5.02 Å². The van der Waals surface area contributed by atoms with Crippen LogP contribution >= 0.6 is 11.6 Å². The van der Waals surface area contributed by atoms with E-state index in [0.717, 1.165) is 5.69 Å². The van der Waals surface area contributed by atoms with Crippen molar-refractivity contribution in [3.63, 3.8) is 0 Å². The SMILES string of the molecule is CCn1ncc(Nc2ccc(N)cc2)c(Cl)c1=O. The van der Waals surface area contributed by atoms with Crippen LogP contribution in [0.25, 0.3) is 0 Å². The van der Waals surface area contributed by atoms with Gasteiger partial charge in [-0.15, -0.1) is 0 Å². The minimum absolute atomic E-state index is 0.128. The number of nitrogens with one attached hydrogen (secondary N) is 1. The van der Waals surface area contributed by atoms with E-state index in [-0.39, 0.29) is 10.6 Å². The molecule has 0 saturated carbocycles. The number of nitrogens with zero attached hydrogens (tertiary/aromatic N) is 2. The third-order valence-electron chi connectivity index (χ3n) is 2.47. The Morgan fingerprint density at radius 1 is 1.39 bits per heavy atom. The molecule has 2 aromatic rings. The highest BCUT2D eigenvalue weighted by Gasteiger charge is 2.08. The zero-order valence-corrected chi connectivity index (χ0v) is 10.6. The number of hydrogen-bond donors (Lipinski definition) is 2. The van der Waals surface area contributed by atoms with Crippen molar-refractivity contribution in [2.24, 2.45) is 0 Å². The molecule has 0 amide bonds. The quantitative estimate of drug-likeness (QED) is 0.834. The van der Waals surface area contributed by atoms with Gasteiger partial charge in [-0.2, -0.15) is 5.10 Å². The van der Waals surface area contributed by atoms with Gasteiger partial charge in [-0.1, -0.05) is 11.6 Å². The lowest BCUT2D eigenvalue weighted by Crippen LogP contribution is -2.22. The first kappa shape index (κ1) is 12.4. The van der Waals surface area contributed by atoms with E-state index in [1.807, 2.05) is 6.92 Å². The summed E-state index contributed by atoms with van der Waals surface area (Å²) >= 11 is 6.00. The second-order valence-corrected chi connectivity index (χ2v) is 4.12. The van der Waals surface area contributed by atoms with Crippen molar-refractivity contribution in [1.29, 1.82) is 0 Å². The molecule has 0 bridgehead atoms. The second-order valence-electron chi connectivity index (χ2n) is 3.74. The van der Waals surface area contributed by atoms with Crippen LogP contribution < -0.4 is 16.6 Å². The highest BCUT2D eigenvalue weighted by molar-refractivity contribution is 6.33. The highest BCUT2D eigenvalue weighted by atomic mass is 35.5. The minimum Gasteiger partial charge on any atom is -0.399 e. The molecule has 0 fully saturated rings. The van der Waals surface area contributed by atoms with Crippen molar-refractivity contribution in [1.82, 2.24) is 9.78 Å². The van der Waals surface area contributed by atoms with Gasteiger partial charge in [0.2, 0.25) is 0 Å². The Morgan fingerprint density at radius 3 is 2.67 bits per heavy atom. The number of nitrogens with two attached hydrogens (primary N) is 1. The molecule has 0 atom stereocenters. The van der Waals surface area contributed by atoms with Gasteiger partial charge in [0.1, 0.15) is 5.02 Å². The molecule has 0 aliphatic carbocycles. The van der Waals surface area contributed by atoms with Crippen LogP contribution in [0.5, 0.6) is 0 Å². The van der Waals surface area contributed by atoms with E-state index < -0.39 is 0 Å². The maximum Gasteiger partial charge on any atom is 0.287 e. The van der Waals surface area contributed by atoms with Gasteiger partial charge in [0.05, 0.1) is 11.9 Å². The summed E-state index contributed by atoms with van der Waals surface area (Å²) in [5.41, 5.74) is 7.23. The van der Waals surface area contributed by atoms with Gasteiger partial charge in [-0.3, -0.25) is 4.79 Å². The monoisotopic (exact) mass is 264 g/mol.